The number of aryl methyl sites for hydroxylation is 8. The molecule has 1 aliphatic rings. The molecule has 0 spiro atoms. The maximum Gasteiger partial charge on any atom is 0.122 e. The average Bonchev–Trinajstić information content (AvgIpc) is 3.08. The molecule has 46 heavy (non-hydrogen) atoms. The van der Waals surface area contributed by atoms with Crippen LogP contribution in [0, 0.1) is 0 Å². The molecule has 0 atom stereocenters. The van der Waals surface area contributed by atoms with Crippen molar-refractivity contribution < 1.29 is 18.9 Å². The second-order valence-corrected chi connectivity index (χ2v) is 12.7. The first-order valence-electron chi connectivity index (χ1n) is 17.2. The Hall–Kier alpha value is -3.92. The molecule has 0 saturated heterocycles. The summed E-state index contributed by atoms with van der Waals surface area (Å²) in [6.45, 7) is 0. The van der Waals surface area contributed by atoms with Gasteiger partial charge >= 0.3 is 0 Å². The van der Waals surface area contributed by atoms with Crippen LogP contribution < -0.4 is 18.9 Å². The predicted molar refractivity (Wildman–Crippen MR) is 189 cm³/mol. The van der Waals surface area contributed by atoms with E-state index in [0.29, 0.717) is 0 Å². The van der Waals surface area contributed by atoms with E-state index < -0.39 is 0 Å². The normalized spacial score (nSPS) is 15.0. The molecule has 0 aromatic heterocycles. The number of ether oxygens (including phenoxy) is 4. The Morgan fingerprint density at radius 3 is 0.761 bits per heavy atom. The quantitative estimate of drug-likeness (QED) is 0.228. The van der Waals surface area contributed by atoms with E-state index in [0.717, 1.165) is 113 Å². The number of hydrogen-bond donors (Lipinski definition) is 0. The molecule has 0 saturated carbocycles. The molecule has 0 unspecified atom stereocenters. The first-order chi connectivity index (χ1) is 22.6. The highest BCUT2D eigenvalue weighted by Crippen LogP contribution is 2.29. The molecule has 0 fully saturated rings. The SMILES string of the molecule is COc1ccc2cc1CCCc1cc(ccc1OC)CCCCc1ccc(OC)c(c1)CCCc1cc(ccc1OC)CCCC2. The Balaban J connectivity index is 1.35. The highest BCUT2D eigenvalue weighted by atomic mass is 16.5. The zero-order valence-electron chi connectivity index (χ0n) is 28.5. The Kier molecular flexibility index (Phi) is 12.4. The van der Waals surface area contributed by atoms with Crippen LogP contribution in [0.4, 0.5) is 0 Å². The Bertz CT molecular complexity index is 1320. The third kappa shape index (κ3) is 9.09. The van der Waals surface area contributed by atoms with Crippen molar-refractivity contribution in [1.82, 2.24) is 0 Å². The van der Waals surface area contributed by atoms with E-state index in [1.807, 2.05) is 0 Å². The standard InChI is InChI=1S/C42H52O4/c1-43-39-23-19-31-11-5-6-12-33-21-25-41(45-3)37(29-33)17-10-18-38-30-34(22-26-42(38)46-4)14-8-7-13-32-20-24-40(44-2)36(28-32)16-9-15-35(39)27-31/h19-30H,5-18H2,1-4H3. The van der Waals surface area contributed by atoms with Crippen LogP contribution in [0.5, 0.6) is 23.0 Å². The van der Waals surface area contributed by atoms with Crippen molar-refractivity contribution in [3.05, 3.63) is 117 Å². The van der Waals surface area contributed by atoms with Crippen LogP contribution in [0.25, 0.3) is 0 Å². The molecule has 8 bridgehead atoms. The van der Waals surface area contributed by atoms with Crippen molar-refractivity contribution in [3.8, 4) is 23.0 Å². The van der Waals surface area contributed by atoms with Gasteiger partial charge in [0.25, 0.3) is 0 Å². The van der Waals surface area contributed by atoms with Crippen molar-refractivity contribution in [2.45, 2.75) is 89.9 Å². The van der Waals surface area contributed by atoms with Gasteiger partial charge in [0.15, 0.2) is 0 Å². The lowest BCUT2D eigenvalue weighted by molar-refractivity contribution is 0.406. The predicted octanol–water partition coefficient (Wildman–Crippen LogP) is 9.52. The fourth-order valence-electron chi connectivity index (χ4n) is 6.99. The summed E-state index contributed by atoms with van der Waals surface area (Å²) in [6, 6.07) is 27.0. The molecule has 0 radical (unpaired) electrons. The van der Waals surface area contributed by atoms with Crippen LogP contribution in [0.1, 0.15) is 83.0 Å². The monoisotopic (exact) mass is 620 g/mol. The summed E-state index contributed by atoms with van der Waals surface area (Å²) in [4.78, 5) is 0. The van der Waals surface area contributed by atoms with Crippen LogP contribution in [-0.2, 0) is 51.4 Å². The Labute approximate surface area is 277 Å². The maximum absolute atomic E-state index is 5.76. The van der Waals surface area contributed by atoms with E-state index in [-0.39, 0.29) is 0 Å². The van der Waals surface area contributed by atoms with Crippen molar-refractivity contribution in [2.24, 2.45) is 0 Å². The highest BCUT2D eigenvalue weighted by Gasteiger charge is 2.11. The van der Waals surface area contributed by atoms with Gasteiger partial charge in [-0.05, 0) is 159 Å². The number of benzene rings is 4. The Morgan fingerprint density at radius 2 is 0.543 bits per heavy atom. The van der Waals surface area contributed by atoms with Gasteiger partial charge in [-0.2, -0.15) is 0 Å². The highest BCUT2D eigenvalue weighted by molar-refractivity contribution is 5.41. The van der Waals surface area contributed by atoms with Gasteiger partial charge in [-0.1, -0.05) is 48.5 Å². The second-order valence-electron chi connectivity index (χ2n) is 12.7. The molecule has 4 nitrogen and oxygen atoms in total. The lowest BCUT2D eigenvalue weighted by Crippen LogP contribution is -2.00. The molecule has 0 amide bonds. The summed E-state index contributed by atoms with van der Waals surface area (Å²) >= 11 is 0. The number of methoxy groups -OCH3 is 4. The molecule has 0 N–H and O–H groups in total. The van der Waals surface area contributed by atoms with Crippen molar-refractivity contribution in [2.75, 3.05) is 28.4 Å². The van der Waals surface area contributed by atoms with Gasteiger partial charge in [0, 0.05) is 0 Å². The first-order valence-corrected chi connectivity index (χ1v) is 17.2. The third-order valence-electron chi connectivity index (χ3n) is 9.53. The van der Waals surface area contributed by atoms with Crippen LogP contribution >= 0.6 is 0 Å². The summed E-state index contributed by atoms with van der Waals surface area (Å²) in [7, 11) is 7.13. The van der Waals surface area contributed by atoms with Crippen LogP contribution in [0.3, 0.4) is 0 Å². The molecule has 4 aromatic carbocycles. The van der Waals surface area contributed by atoms with E-state index in [9.17, 15) is 0 Å². The average molecular weight is 621 g/mol. The van der Waals surface area contributed by atoms with Crippen molar-refractivity contribution in [3.63, 3.8) is 0 Å². The third-order valence-corrected chi connectivity index (χ3v) is 9.53. The number of hydrogen-bond acceptors (Lipinski definition) is 4. The zero-order valence-corrected chi connectivity index (χ0v) is 28.5. The fraction of sp³-hybridized carbons (Fsp3) is 0.429. The minimum atomic E-state index is 0.989. The Morgan fingerprint density at radius 1 is 0.304 bits per heavy atom. The molecule has 0 aliphatic heterocycles. The zero-order chi connectivity index (χ0) is 32.1. The van der Waals surface area contributed by atoms with E-state index >= 15 is 0 Å². The summed E-state index contributed by atoms with van der Waals surface area (Å²) < 4.78 is 23.0. The molecule has 5 rings (SSSR count). The van der Waals surface area contributed by atoms with Crippen molar-refractivity contribution in [1.29, 1.82) is 0 Å². The molecule has 0 heterocycles. The van der Waals surface area contributed by atoms with E-state index in [1.165, 1.54) is 44.5 Å². The number of fused-ring (bicyclic) bond motifs is 8. The van der Waals surface area contributed by atoms with Gasteiger partial charge in [0.1, 0.15) is 23.0 Å². The van der Waals surface area contributed by atoms with Gasteiger partial charge in [0.05, 0.1) is 28.4 Å². The summed E-state index contributed by atoms with van der Waals surface area (Å²) in [6.07, 6.45) is 15.0. The molecule has 4 heteroatoms. The molecule has 1 aliphatic carbocycles. The van der Waals surface area contributed by atoms with Crippen LogP contribution in [-0.4, -0.2) is 28.4 Å². The van der Waals surface area contributed by atoms with Gasteiger partial charge in [0.2, 0.25) is 0 Å². The molecular weight excluding hydrogens is 568 g/mol. The lowest BCUT2D eigenvalue weighted by Gasteiger charge is -2.14. The van der Waals surface area contributed by atoms with Crippen LogP contribution in [0.15, 0.2) is 72.8 Å². The summed E-state index contributed by atoms with van der Waals surface area (Å²) in [5.41, 5.74) is 10.8. The van der Waals surface area contributed by atoms with Gasteiger partial charge in [-0.15, -0.1) is 0 Å². The minimum absolute atomic E-state index is 0.989. The van der Waals surface area contributed by atoms with E-state index in [1.54, 1.807) is 28.4 Å². The molecular formula is C42H52O4. The first kappa shape index (κ1) is 33.4. The molecule has 244 valence electrons. The number of rotatable bonds is 4. The smallest absolute Gasteiger partial charge is 0.122 e. The van der Waals surface area contributed by atoms with Crippen molar-refractivity contribution >= 4 is 0 Å². The largest absolute Gasteiger partial charge is 0.496 e. The van der Waals surface area contributed by atoms with E-state index in [4.69, 9.17) is 18.9 Å². The van der Waals surface area contributed by atoms with Gasteiger partial charge < -0.3 is 18.9 Å². The van der Waals surface area contributed by atoms with Crippen LogP contribution in [0.2, 0.25) is 0 Å². The second kappa shape index (κ2) is 17.1. The lowest BCUT2D eigenvalue weighted by atomic mass is 9.95. The topological polar surface area (TPSA) is 36.9 Å². The van der Waals surface area contributed by atoms with Gasteiger partial charge in [-0.3, -0.25) is 0 Å². The molecule has 4 aromatic rings. The summed E-state index contributed by atoms with van der Waals surface area (Å²) in [5, 5.41) is 0. The maximum atomic E-state index is 5.76. The van der Waals surface area contributed by atoms with Gasteiger partial charge in [-0.25, -0.2) is 0 Å². The fourth-order valence-corrected chi connectivity index (χ4v) is 6.99. The minimum Gasteiger partial charge on any atom is -0.496 e. The summed E-state index contributed by atoms with van der Waals surface area (Å²) in [5.74, 6) is 3.97. The van der Waals surface area contributed by atoms with E-state index in [2.05, 4.69) is 72.8 Å².